The molecule has 0 radical (unpaired) electrons. The summed E-state index contributed by atoms with van der Waals surface area (Å²) in [5.41, 5.74) is 2.38. The van der Waals surface area contributed by atoms with Gasteiger partial charge >= 0.3 is 0 Å². The fraction of sp³-hybridized carbons (Fsp3) is 0.643. The molecule has 0 saturated carbocycles. The zero-order valence-electron chi connectivity index (χ0n) is 20.5. The summed E-state index contributed by atoms with van der Waals surface area (Å²) < 4.78 is 19.8. The molecule has 2 atom stereocenters. The van der Waals surface area contributed by atoms with Gasteiger partial charge in [0.1, 0.15) is 6.17 Å². The van der Waals surface area contributed by atoms with Crippen LogP contribution in [0.4, 0.5) is 4.39 Å². The van der Waals surface area contributed by atoms with Gasteiger partial charge in [-0.2, -0.15) is 0 Å². The summed E-state index contributed by atoms with van der Waals surface area (Å²) in [7, 11) is 0. The summed E-state index contributed by atoms with van der Waals surface area (Å²) in [6.07, 6.45) is 16.1. The highest BCUT2D eigenvalue weighted by Crippen LogP contribution is 2.20. The molecule has 0 aliphatic heterocycles. The average molecular weight is 443 g/mol. The third kappa shape index (κ3) is 10.6. The molecular weight excluding hydrogens is 399 g/mol. The second-order valence-electron chi connectivity index (χ2n) is 9.17. The maximum Gasteiger partial charge on any atom is 0.159 e. The van der Waals surface area contributed by atoms with Crippen LogP contribution in [0.2, 0.25) is 0 Å². The molecule has 0 spiro atoms. The Hall–Kier alpha value is -1.97. The third-order valence-electron chi connectivity index (χ3n) is 6.07. The van der Waals surface area contributed by atoms with Crippen LogP contribution in [0, 0.1) is 5.92 Å². The van der Waals surface area contributed by atoms with Gasteiger partial charge in [0, 0.05) is 12.0 Å². The summed E-state index contributed by atoms with van der Waals surface area (Å²) in [6, 6.07) is 8.54. The van der Waals surface area contributed by atoms with E-state index in [1.807, 2.05) is 0 Å². The molecule has 0 aliphatic carbocycles. The first kappa shape index (κ1) is 26.3. The second kappa shape index (κ2) is 15.8. The van der Waals surface area contributed by atoms with Gasteiger partial charge in [-0.05, 0) is 30.7 Å². The SMILES string of the molecule is CCCCCCCCc1ccc(-c2ncc(OCCC(F)CC(C)CCCC)cn2)cc1. The quantitative estimate of drug-likeness (QED) is 0.231. The monoisotopic (exact) mass is 442 g/mol. The lowest BCUT2D eigenvalue weighted by Gasteiger charge is -2.14. The highest BCUT2D eigenvalue weighted by Gasteiger charge is 2.12. The topological polar surface area (TPSA) is 35.0 Å². The van der Waals surface area contributed by atoms with Gasteiger partial charge in [0.25, 0.3) is 0 Å². The number of alkyl halides is 1. The molecule has 0 bridgehead atoms. The van der Waals surface area contributed by atoms with Crippen LogP contribution in [0.25, 0.3) is 11.4 Å². The summed E-state index contributed by atoms with van der Waals surface area (Å²) in [6.45, 7) is 6.92. The van der Waals surface area contributed by atoms with Crippen molar-refractivity contribution >= 4 is 0 Å². The van der Waals surface area contributed by atoms with Crippen LogP contribution in [0.15, 0.2) is 36.7 Å². The van der Waals surface area contributed by atoms with Gasteiger partial charge in [-0.15, -0.1) is 0 Å². The number of aryl methyl sites for hydroxylation is 1. The summed E-state index contributed by atoms with van der Waals surface area (Å²) in [5.74, 6) is 1.72. The Morgan fingerprint density at radius 1 is 0.844 bits per heavy atom. The lowest BCUT2D eigenvalue weighted by Crippen LogP contribution is -2.12. The van der Waals surface area contributed by atoms with E-state index in [1.54, 1.807) is 12.4 Å². The largest absolute Gasteiger partial charge is 0.490 e. The molecule has 0 fully saturated rings. The molecule has 0 amide bonds. The van der Waals surface area contributed by atoms with Gasteiger partial charge < -0.3 is 4.74 Å². The molecule has 4 heteroatoms. The van der Waals surface area contributed by atoms with Crippen LogP contribution in [-0.4, -0.2) is 22.7 Å². The first-order valence-electron chi connectivity index (χ1n) is 12.8. The van der Waals surface area contributed by atoms with E-state index in [-0.39, 0.29) is 0 Å². The van der Waals surface area contributed by atoms with Gasteiger partial charge in [-0.1, -0.05) is 96.4 Å². The van der Waals surface area contributed by atoms with Crippen molar-refractivity contribution in [3.05, 3.63) is 42.2 Å². The van der Waals surface area contributed by atoms with E-state index in [9.17, 15) is 4.39 Å². The fourth-order valence-electron chi connectivity index (χ4n) is 4.00. The fourth-order valence-corrected chi connectivity index (χ4v) is 4.00. The smallest absolute Gasteiger partial charge is 0.159 e. The van der Waals surface area contributed by atoms with E-state index in [0.29, 0.717) is 36.9 Å². The van der Waals surface area contributed by atoms with E-state index in [0.717, 1.165) is 18.4 Å². The summed E-state index contributed by atoms with van der Waals surface area (Å²) >= 11 is 0. The van der Waals surface area contributed by atoms with Crippen LogP contribution in [0.3, 0.4) is 0 Å². The Kier molecular flexibility index (Phi) is 13.0. The van der Waals surface area contributed by atoms with Crippen molar-refractivity contribution in [2.75, 3.05) is 6.61 Å². The van der Waals surface area contributed by atoms with Crippen molar-refractivity contribution in [1.82, 2.24) is 9.97 Å². The van der Waals surface area contributed by atoms with Crippen LogP contribution in [0.5, 0.6) is 5.75 Å². The van der Waals surface area contributed by atoms with Crippen molar-refractivity contribution in [2.24, 2.45) is 5.92 Å². The first-order chi connectivity index (χ1) is 15.6. The Morgan fingerprint density at radius 2 is 1.50 bits per heavy atom. The van der Waals surface area contributed by atoms with Crippen molar-refractivity contribution < 1.29 is 9.13 Å². The highest BCUT2D eigenvalue weighted by atomic mass is 19.1. The number of aromatic nitrogens is 2. The van der Waals surface area contributed by atoms with Gasteiger partial charge in [-0.25, -0.2) is 14.4 Å². The van der Waals surface area contributed by atoms with Gasteiger partial charge in [0.15, 0.2) is 11.6 Å². The molecule has 2 aromatic rings. The zero-order valence-corrected chi connectivity index (χ0v) is 20.5. The number of unbranched alkanes of at least 4 members (excludes halogenated alkanes) is 6. The molecule has 178 valence electrons. The maximum absolute atomic E-state index is 14.1. The summed E-state index contributed by atoms with van der Waals surface area (Å²) in [4.78, 5) is 8.87. The molecule has 32 heavy (non-hydrogen) atoms. The van der Waals surface area contributed by atoms with E-state index in [2.05, 4.69) is 55.0 Å². The molecule has 0 saturated heterocycles. The normalized spacial score (nSPS) is 13.1. The van der Waals surface area contributed by atoms with Gasteiger partial charge in [0.05, 0.1) is 19.0 Å². The van der Waals surface area contributed by atoms with Gasteiger partial charge in [-0.3, -0.25) is 0 Å². The van der Waals surface area contributed by atoms with Gasteiger partial charge in [0.2, 0.25) is 0 Å². The number of rotatable bonds is 17. The van der Waals surface area contributed by atoms with Crippen LogP contribution >= 0.6 is 0 Å². The van der Waals surface area contributed by atoms with E-state index in [4.69, 9.17) is 4.74 Å². The van der Waals surface area contributed by atoms with E-state index >= 15 is 0 Å². The molecule has 0 aliphatic rings. The summed E-state index contributed by atoms with van der Waals surface area (Å²) in [5, 5.41) is 0. The number of hydrogen-bond donors (Lipinski definition) is 0. The van der Waals surface area contributed by atoms with Crippen LogP contribution < -0.4 is 4.74 Å². The lowest BCUT2D eigenvalue weighted by molar-refractivity contribution is 0.204. The predicted octanol–water partition coefficient (Wildman–Crippen LogP) is 8.37. The van der Waals surface area contributed by atoms with Crippen molar-refractivity contribution in [3.8, 4) is 17.1 Å². The second-order valence-corrected chi connectivity index (χ2v) is 9.17. The number of benzene rings is 1. The third-order valence-corrected chi connectivity index (χ3v) is 6.07. The minimum absolute atomic E-state index is 0.359. The van der Waals surface area contributed by atoms with Crippen molar-refractivity contribution in [1.29, 1.82) is 0 Å². The first-order valence-corrected chi connectivity index (χ1v) is 12.8. The minimum Gasteiger partial charge on any atom is -0.490 e. The number of hydrogen-bond acceptors (Lipinski definition) is 3. The zero-order chi connectivity index (χ0) is 23.0. The Balaban J connectivity index is 1.70. The number of ether oxygens (including phenoxy) is 1. The Labute approximate surface area is 195 Å². The standard InChI is InChI=1S/C28H43FN2O/c1-4-6-8-9-10-11-13-24-14-16-25(17-15-24)28-30-21-27(22-31-28)32-19-18-26(29)20-23(3)12-7-5-2/h14-17,21-23,26H,4-13,18-20H2,1-3H3. The van der Waals surface area contributed by atoms with Crippen LogP contribution in [0.1, 0.15) is 97.0 Å². The van der Waals surface area contributed by atoms with Crippen LogP contribution in [-0.2, 0) is 6.42 Å². The lowest BCUT2D eigenvalue weighted by atomic mass is 9.97. The highest BCUT2D eigenvalue weighted by molar-refractivity contribution is 5.55. The molecule has 1 aromatic heterocycles. The Morgan fingerprint density at radius 3 is 2.19 bits per heavy atom. The molecule has 0 N–H and O–H groups in total. The molecular formula is C28H43FN2O. The van der Waals surface area contributed by atoms with Crippen molar-refractivity contribution in [2.45, 2.75) is 104 Å². The molecule has 1 heterocycles. The Bertz CT molecular complexity index is 717. The molecule has 1 aromatic carbocycles. The maximum atomic E-state index is 14.1. The molecule has 2 rings (SSSR count). The molecule has 2 unspecified atom stereocenters. The number of halogens is 1. The minimum atomic E-state index is -0.808. The molecule has 3 nitrogen and oxygen atoms in total. The van der Waals surface area contributed by atoms with E-state index < -0.39 is 6.17 Å². The number of nitrogens with zero attached hydrogens (tertiary/aromatic N) is 2. The van der Waals surface area contributed by atoms with E-state index in [1.165, 1.54) is 56.9 Å². The predicted molar refractivity (Wildman–Crippen MR) is 133 cm³/mol. The van der Waals surface area contributed by atoms with Crippen molar-refractivity contribution in [3.63, 3.8) is 0 Å². The average Bonchev–Trinajstić information content (AvgIpc) is 2.81.